The van der Waals surface area contributed by atoms with Gasteiger partial charge in [-0.3, -0.25) is 0 Å². The second kappa shape index (κ2) is 9.11. The molecule has 1 unspecified atom stereocenters. The van der Waals surface area contributed by atoms with Gasteiger partial charge >= 0.3 is 0 Å². The van der Waals surface area contributed by atoms with E-state index in [0.717, 1.165) is 32.4 Å². The Labute approximate surface area is 242 Å². The first-order valence-corrected chi connectivity index (χ1v) is 15.4. The maximum absolute atomic E-state index is 2.70. The maximum atomic E-state index is 2.70. The molecule has 4 aromatic rings. The van der Waals surface area contributed by atoms with Gasteiger partial charge < -0.3 is 9.80 Å². The summed E-state index contributed by atoms with van der Waals surface area (Å²) in [6.07, 6.45) is 9.50. The number of hydrogen-bond donors (Lipinski definition) is 0. The van der Waals surface area contributed by atoms with Crippen LogP contribution in [0.5, 0.6) is 0 Å². The van der Waals surface area contributed by atoms with Crippen LogP contribution in [-0.2, 0) is 19.3 Å². The van der Waals surface area contributed by atoms with Gasteiger partial charge in [0.25, 0.3) is 0 Å². The molecule has 2 aliphatic heterocycles. The Morgan fingerprint density at radius 3 is 1.98 bits per heavy atom. The summed E-state index contributed by atoms with van der Waals surface area (Å²) < 4.78 is 0. The molecule has 9 rings (SSSR count). The molecule has 0 amide bonds. The van der Waals surface area contributed by atoms with E-state index in [0.29, 0.717) is 5.92 Å². The smallest absolute Gasteiger partial charge is 0.0530 e. The lowest BCUT2D eigenvalue weighted by atomic mass is 9.75. The van der Waals surface area contributed by atoms with E-state index in [1.807, 2.05) is 0 Å². The van der Waals surface area contributed by atoms with Gasteiger partial charge in [-0.25, -0.2) is 0 Å². The SMILES string of the molecule is C1=C2C(N3CCCc4ccccc43)=c3ccccc3=C(N3CCCc4ccccc43)C2CC2=C1c1ccccc1C2. The highest BCUT2D eigenvalue weighted by molar-refractivity contribution is 5.95. The lowest BCUT2D eigenvalue weighted by Gasteiger charge is -2.44. The molecule has 3 aliphatic carbocycles. The zero-order chi connectivity index (χ0) is 26.9. The highest BCUT2D eigenvalue weighted by atomic mass is 15.2. The molecule has 5 aliphatic rings. The molecule has 200 valence electrons. The summed E-state index contributed by atoms with van der Waals surface area (Å²) in [4.78, 5) is 5.37. The quantitative estimate of drug-likeness (QED) is 0.282. The maximum Gasteiger partial charge on any atom is 0.0530 e. The van der Waals surface area contributed by atoms with Crippen LogP contribution in [0.4, 0.5) is 11.4 Å². The first-order chi connectivity index (χ1) is 20.3. The Kier molecular flexibility index (Phi) is 5.20. The Morgan fingerprint density at radius 1 is 0.585 bits per heavy atom. The zero-order valence-electron chi connectivity index (χ0n) is 23.4. The molecular weight excluding hydrogens is 496 g/mol. The molecule has 2 nitrogen and oxygen atoms in total. The lowest BCUT2D eigenvalue weighted by molar-refractivity contribution is 0.681. The van der Waals surface area contributed by atoms with E-state index in [9.17, 15) is 0 Å². The minimum Gasteiger partial charge on any atom is -0.344 e. The van der Waals surface area contributed by atoms with Crippen LogP contribution in [0.15, 0.2) is 114 Å². The summed E-state index contributed by atoms with van der Waals surface area (Å²) in [7, 11) is 0. The molecule has 4 aromatic carbocycles. The van der Waals surface area contributed by atoms with Gasteiger partial charge in [0.05, 0.1) is 5.70 Å². The number of allylic oxidation sites excluding steroid dienone is 3. The van der Waals surface area contributed by atoms with Gasteiger partial charge in [0.1, 0.15) is 0 Å². The van der Waals surface area contributed by atoms with Crippen LogP contribution in [0, 0.1) is 5.92 Å². The molecule has 0 saturated heterocycles. The largest absolute Gasteiger partial charge is 0.344 e. The Hall–Kier alpha value is -4.30. The van der Waals surface area contributed by atoms with E-state index in [2.05, 4.69) is 113 Å². The van der Waals surface area contributed by atoms with E-state index >= 15 is 0 Å². The van der Waals surface area contributed by atoms with Crippen molar-refractivity contribution in [1.29, 1.82) is 0 Å². The van der Waals surface area contributed by atoms with Gasteiger partial charge in [0.15, 0.2) is 0 Å². The number of fused-ring (bicyclic) bond motifs is 6. The molecule has 0 N–H and O–H groups in total. The highest BCUT2D eigenvalue weighted by Gasteiger charge is 2.39. The third-order valence-electron chi connectivity index (χ3n) is 10.1. The molecule has 0 spiro atoms. The van der Waals surface area contributed by atoms with Gasteiger partial charge in [-0.15, -0.1) is 0 Å². The molecule has 0 radical (unpaired) electrons. The summed E-state index contributed by atoms with van der Waals surface area (Å²) in [5.41, 5.74) is 16.2. The molecule has 1 atom stereocenters. The van der Waals surface area contributed by atoms with Crippen molar-refractivity contribution in [3.8, 4) is 0 Å². The van der Waals surface area contributed by atoms with Gasteiger partial charge in [-0.2, -0.15) is 0 Å². The summed E-state index contributed by atoms with van der Waals surface area (Å²) in [6.45, 7) is 2.15. The van der Waals surface area contributed by atoms with Crippen molar-refractivity contribution < 1.29 is 0 Å². The summed E-state index contributed by atoms with van der Waals surface area (Å²) in [5, 5.41) is 2.81. The van der Waals surface area contributed by atoms with Crippen molar-refractivity contribution in [1.82, 2.24) is 0 Å². The molecule has 0 bridgehead atoms. The molecular formula is C39H34N2. The first kappa shape index (κ1) is 23.4. The minimum absolute atomic E-state index is 0.341. The van der Waals surface area contributed by atoms with E-state index in [-0.39, 0.29) is 0 Å². The Morgan fingerprint density at radius 2 is 1.20 bits per heavy atom. The standard InChI is InChI=1S/C39H34N2/c1-4-16-30-28(13-1)23-29-24-34-35(25-33(29)30)39(41-22-10-15-27-12-3-8-20-37(27)41)32-18-6-5-17-31(32)38(34)40-21-9-14-26-11-2-7-19-36(26)40/h1-8,11-13,16-20,25,34H,9-10,14-15,21-24H2. The fourth-order valence-corrected chi connectivity index (χ4v) is 8.35. The van der Waals surface area contributed by atoms with Gasteiger partial charge in [0, 0.05) is 46.5 Å². The topological polar surface area (TPSA) is 6.48 Å². The number of anilines is 2. The third-order valence-corrected chi connectivity index (χ3v) is 10.1. The average Bonchev–Trinajstić information content (AvgIpc) is 3.40. The van der Waals surface area contributed by atoms with Crippen molar-refractivity contribution in [2.75, 3.05) is 22.9 Å². The number of nitrogens with zero attached hydrogens (tertiary/aromatic N) is 2. The molecule has 0 aromatic heterocycles. The second-order valence-electron chi connectivity index (χ2n) is 12.3. The first-order valence-electron chi connectivity index (χ1n) is 15.4. The molecule has 2 heterocycles. The fourth-order valence-electron chi connectivity index (χ4n) is 8.35. The predicted octanol–water partition coefficient (Wildman–Crippen LogP) is 6.78. The Balaban J connectivity index is 1.35. The van der Waals surface area contributed by atoms with Crippen LogP contribution in [0.1, 0.15) is 41.5 Å². The van der Waals surface area contributed by atoms with E-state index in [1.54, 1.807) is 5.57 Å². The van der Waals surface area contributed by atoms with Crippen LogP contribution in [-0.4, -0.2) is 13.1 Å². The average molecular weight is 531 g/mol. The van der Waals surface area contributed by atoms with Crippen LogP contribution < -0.4 is 20.2 Å². The van der Waals surface area contributed by atoms with Crippen LogP contribution in [0.3, 0.4) is 0 Å². The number of para-hydroxylation sites is 2. The van der Waals surface area contributed by atoms with Crippen molar-refractivity contribution in [2.45, 2.75) is 38.5 Å². The molecule has 41 heavy (non-hydrogen) atoms. The number of aryl methyl sites for hydroxylation is 2. The van der Waals surface area contributed by atoms with Crippen LogP contribution in [0.2, 0.25) is 0 Å². The van der Waals surface area contributed by atoms with Gasteiger partial charge in [-0.05, 0) is 90.1 Å². The van der Waals surface area contributed by atoms with E-state index in [1.165, 1.54) is 85.9 Å². The van der Waals surface area contributed by atoms with Crippen LogP contribution in [0.25, 0.3) is 17.0 Å². The molecule has 0 saturated carbocycles. The Bertz CT molecular complexity index is 1920. The number of hydrogen-bond acceptors (Lipinski definition) is 2. The van der Waals surface area contributed by atoms with Crippen molar-refractivity contribution >= 4 is 28.3 Å². The molecule has 2 heteroatoms. The van der Waals surface area contributed by atoms with E-state index < -0.39 is 0 Å². The predicted molar refractivity (Wildman–Crippen MR) is 170 cm³/mol. The lowest BCUT2D eigenvalue weighted by Crippen LogP contribution is -2.48. The summed E-state index contributed by atoms with van der Waals surface area (Å²) >= 11 is 0. The number of rotatable bonds is 2. The third kappa shape index (κ3) is 3.50. The minimum atomic E-state index is 0.341. The van der Waals surface area contributed by atoms with Gasteiger partial charge in [0.2, 0.25) is 0 Å². The van der Waals surface area contributed by atoms with E-state index in [4.69, 9.17) is 0 Å². The summed E-state index contributed by atoms with van der Waals surface area (Å²) in [5.74, 6) is 0.341. The normalized spacial score (nSPS) is 20.5. The second-order valence-corrected chi connectivity index (χ2v) is 12.3. The van der Waals surface area contributed by atoms with Crippen LogP contribution >= 0.6 is 0 Å². The molecule has 0 fully saturated rings. The fraction of sp³-hybridized carbons (Fsp3) is 0.231. The van der Waals surface area contributed by atoms with Gasteiger partial charge in [-0.1, -0.05) is 90.5 Å². The monoisotopic (exact) mass is 530 g/mol. The van der Waals surface area contributed by atoms with Crippen molar-refractivity contribution in [3.05, 3.63) is 147 Å². The summed E-state index contributed by atoms with van der Waals surface area (Å²) in [6, 6.07) is 36.6. The zero-order valence-corrected chi connectivity index (χ0v) is 23.4. The van der Waals surface area contributed by atoms with Crippen molar-refractivity contribution in [3.63, 3.8) is 0 Å². The number of benzene rings is 4. The van der Waals surface area contributed by atoms with Crippen molar-refractivity contribution in [2.24, 2.45) is 5.92 Å². The highest BCUT2D eigenvalue weighted by Crippen LogP contribution is 2.50.